The van der Waals surface area contributed by atoms with Gasteiger partial charge in [0.2, 0.25) is 5.91 Å². The molecule has 0 aromatic heterocycles. The van der Waals surface area contributed by atoms with E-state index in [1.54, 1.807) is 11.8 Å². The molecule has 5 heteroatoms. The maximum absolute atomic E-state index is 11.8. The fraction of sp³-hybridized carbons (Fsp3) is 0.417. The number of hydrogen-bond acceptors (Lipinski definition) is 3. The Balaban J connectivity index is 0.00000144. The van der Waals surface area contributed by atoms with Gasteiger partial charge in [0.05, 0.1) is 5.25 Å². The zero-order chi connectivity index (χ0) is 11.4. The van der Waals surface area contributed by atoms with Crippen molar-refractivity contribution in [1.82, 2.24) is 0 Å². The summed E-state index contributed by atoms with van der Waals surface area (Å²) in [6.07, 6.45) is 2.15. The Kier molecular flexibility index (Phi) is 5.82. The topological polar surface area (TPSA) is 55.1 Å². The third-order valence-electron chi connectivity index (χ3n) is 2.68. The number of halogens is 1. The quantitative estimate of drug-likeness (QED) is 0.888. The van der Waals surface area contributed by atoms with Crippen LogP contribution >= 0.6 is 24.2 Å². The summed E-state index contributed by atoms with van der Waals surface area (Å²) in [5.74, 6) is 1.23. The molecule has 0 radical (unpaired) electrons. The van der Waals surface area contributed by atoms with E-state index in [2.05, 4.69) is 5.32 Å². The van der Waals surface area contributed by atoms with Gasteiger partial charge in [-0.1, -0.05) is 12.1 Å². The Labute approximate surface area is 112 Å². The molecule has 1 saturated heterocycles. The van der Waals surface area contributed by atoms with Gasteiger partial charge in [-0.3, -0.25) is 4.79 Å². The summed E-state index contributed by atoms with van der Waals surface area (Å²) in [6.45, 7) is 0.534. The van der Waals surface area contributed by atoms with Crippen LogP contribution in [0.15, 0.2) is 24.3 Å². The lowest BCUT2D eigenvalue weighted by atomic mass is 10.2. The first kappa shape index (κ1) is 14.4. The Hall–Kier alpha value is -0.710. The fourth-order valence-corrected chi connectivity index (χ4v) is 2.89. The molecular weight excluding hydrogens is 256 g/mol. The van der Waals surface area contributed by atoms with Crippen molar-refractivity contribution in [2.45, 2.75) is 24.6 Å². The largest absolute Gasteiger partial charge is 0.326 e. The first-order chi connectivity index (χ1) is 7.79. The molecule has 1 fully saturated rings. The van der Waals surface area contributed by atoms with Gasteiger partial charge in [0, 0.05) is 12.2 Å². The molecule has 94 valence electrons. The highest BCUT2D eigenvalue weighted by molar-refractivity contribution is 8.00. The first-order valence-electron chi connectivity index (χ1n) is 5.51. The molecule has 0 saturated carbocycles. The number of carbonyl (C=O) groups excluding carboxylic acids is 1. The van der Waals surface area contributed by atoms with Gasteiger partial charge >= 0.3 is 0 Å². The smallest absolute Gasteiger partial charge is 0.237 e. The van der Waals surface area contributed by atoms with E-state index in [9.17, 15) is 4.79 Å². The molecule has 1 aromatic carbocycles. The molecule has 1 aliphatic heterocycles. The Bertz CT molecular complexity index is 363. The van der Waals surface area contributed by atoms with Gasteiger partial charge in [-0.05, 0) is 36.3 Å². The van der Waals surface area contributed by atoms with Crippen LogP contribution in [-0.2, 0) is 11.3 Å². The maximum atomic E-state index is 11.8. The number of hydrogen-bond donors (Lipinski definition) is 2. The highest BCUT2D eigenvalue weighted by Gasteiger charge is 2.23. The number of benzene rings is 1. The molecule has 0 bridgehead atoms. The monoisotopic (exact) mass is 272 g/mol. The number of thioether (sulfide) groups is 1. The SMILES string of the molecule is Cl.NCc1ccc(NC(=O)C2CCCS2)cc1. The lowest BCUT2D eigenvalue weighted by Gasteiger charge is -2.10. The van der Waals surface area contributed by atoms with E-state index in [1.807, 2.05) is 24.3 Å². The summed E-state index contributed by atoms with van der Waals surface area (Å²) in [7, 11) is 0. The van der Waals surface area contributed by atoms with Crippen LogP contribution in [0.3, 0.4) is 0 Å². The number of amides is 1. The molecule has 2 rings (SSSR count). The number of anilines is 1. The van der Waals surface area contributed by atoms with Crippen molar-refractivity contribution in [3.05, 3.63) is 29.8 Å². The van der Waals surface area contributed by atoms with Gasteiger partial charge in [0.15, 0.2) is 0 Å². The number of nitrogens with one attached hydrogen (secondary N) is 1. The van der Waals surface area contributed by atoms with Crippen LogP contribution in [-0.4, -0.2) is 16.9 Å². The minimum atomic E-state index is 0. The average Bonchev–Trinajstić information content (AvgIpc) is 2.83. The second-order valence-electron chi connectivity index (χ2n) is 3.89. The van der Waals surface area contributed by atoms with Crippen molar-refractivity contribution in [3.63, 3.8) is 0 Å². The molecule has 1 atom stereocenters. The van der Waals surface area contributed by atoms with Crippen molar-refractivity contribution in [2.24, 2.45) is 5.73 Å². The van der Waals surface area contributed by atoms with Crippen molar-refractivity contribution in [3.8, 4) is 0 Å². The lowest BCUT2D eigenvalue weighted by Crippen LogP contribution is -2.22. The normalized spacial score (nSPS) is 18.5. The molecule has 0 aliphatic carbocycles. The summed E-state index contributed by atoms with van der Waals surface area (Å²) < 4.78 is 0. The fourth-order valence-electron chi connectivity index (χ4n) is 1.73. The van der Waals surface area contributed by atoms with Crippen molar-refractivity contribution >= 4 is 35.8 Å². The van der Waals surface area contributed by atoms with Crippen LogP contribution < -0.4 is 11.1 Å². The van der Waals surface area contributed by atoms with Crippen molar-refractivity contribution < 1.29 is 4.79 Å². The van der Waals surface area contributed by atoms with Gasteiger partial charge in [-0.2, -0.15) is 0 Å². The van der Waals surface area contributed by atoms with E-state index in [1.165, 1.54) is 0 Å². The molecule has 3 nitrogen and oxygen atoms in total. The molecule has 1 unspecified atom stereocenters. The lowest BCUT2D eigenvalue weighted by molar-refractivity contribution is -0.115. The standard InChI is InChI=1S/C12H16N2OS.ClH/c13-8-9-3-5-10(6-4-9)14-12(15)11-2-1-7-16-11;/h3-6,11H,1-2,7-8,13H2,(H,14,15);1H. The highest BCUT2D eigenvalue weighted by Crippen LogP contribution is 2.27. The zero-order valence-corrected chi connectivity index (χ0v) is 11.2. The van der Waals surface area contributed by atoms with Crippen LogP contribution in [0.5, 0.6) is 0 Å². The van der Waals surface area contributed by atoms with E-state index in [-0.39, 0.29) is 23.6 Å². The van der Waals surface area contributed by atoms with E-state index in [0.717, 1.165) is 29.8 Å². The van der Waals surface area contributed by atoms with Crippen molar-refractivity contribution in [2.75, 3.05) is 11.1 Å². The molecular formula is C12H17ClN2OS. The van der Waals surface area contributed by atoms with Gasteiger partial charge in [0.1, 0.15) is 0 Å². The predicted molar refractivity (Wildman–Crippen MR) is 75.7 cm³/mol. The zero-order valence-electron chi connectivity index (χ0n) is 9.52. The maximum Gasteiger partial charge on any atom is 0.237 e. The molecule has 1 aliphatic rings. The predicted octanol–water partition coefficient (Wildman–Crippen LogP) is 2.40. The van der Waals surface area contributed by atoms with Crippen molar-refractivity contribution in [1.29, 1.82) is 0 Å². The molecule has 3 N–H and O–H groups in total. The summed E-state index contributed by atoms with van der Waals surface area (Å²) >= 11 is 1.75. The average molecular weight is 273 g/mol. The molecule has 1 aromatic rings. The third-order valence-corrected chi connectivity index (χ3v) is 4.06. The van der Waals surface area contributed by atoms with E-state index in [4.69, 9.17) is 5.73 Å². The van der Waals surface area contributed by atoms with Crippen LogP contribution in [0.1, 0.15) is 18.4 Å². The van der Waals surface area contributed by atoms with Crippen LogP contribution in [0.4, 0.5) is 5.69 Å². The summed E-state index contributed by atoms with van der Waals surface area (Å²) in [4.78, 5) is 11.8. The Morgan fingerprint density at radius 3 is 2.65 bits per heavy atom. The summed E-state index contributed by atoms with van der Waals surface area (Å²) in [6, 6.07) is 7.69. The number of nitrogens with two attached hydrogens (primary N) is 1. The van der Waals surface area contributed by atoms with Crippen LogP contribution in [0.25, 0.3) is 0 Å². The molecule has 0 spiro atoms. The van der Waals surface area contributed by atoms with Gasteiger partial charge in [-0.15, -0.1) is 24.2 Å². The number of carbonyl (C=O) groups is 1. The molecule has 17 heavy (non-hydrogen) atoms. The summed E-state index contributed by atoms with van der Waals surface area (Å²) in [5, 5.41) is 3.07. The summed E-state index contributed by atoms with van der Waals surface area (Å²) in [5.41, 5.74) is 7.44. The van der Waals surface area contributed by atoms with Crippen LogP contribution in [0, 0.1) is 0 Å². The van der Waals surface area contributed by atoms with E-state index < -0.39 is 0 Å². The second kappa shape index (κ2) is 6.89. The van der Waals surface area contributed by atoms with E-state index in [0.29, 0.717) is 6.54 Å². The molecule has 1 heterocycles. The Morgan fingerprint density at radius 2 is 2.12 bits per heavy atom. The highest BCUT2D eigenvalue weighted by atomic mass is 35.5. The van der Waals surface area contributed by atoms with Gasteiger partial charge in [-0.25, -0.2) is 0 Å². The number of rotatable bonds is 3. The van der Waals surface area contributed by atoms with Gasteiger partial charge < -0.3 is 11.1 Å². The second-order valence-corrected chi connectivity index (χ2v) is 5.20. The Morgan fingerprint density at radius 1 is 1.41 bits per heavy atom. The molecule has 1 amide bonds. The van der Waals surface area contributed by atoms with Gasteiger partial charge in [0.25, 0.3) is 0 Å². The minimum absolute atomic E-state index is 0. The van der Waals surface area contributed by atoms with Crippen LogP contribution in [0.2, 0.25) is 0 Å². The first-order valence-corrected chi connectivity index (χ1v) is 6.56. The minimum Gasteiger partial charge on any atom is -0.326 e. The van der Waals surface area contributed by atoms with E-state index >= 15 is 0 Å². The third kappa shape index (κ3) is 3.91.